The first kappa shape index (κ1) is 25.0. The van der Waals surface area contributed by atoms with E-state index in [-0.39, 0.29) is 16.6 Å². The Labute approximate surface area is 202 Å². The summed E-state index contributed by atoms with van der Waals surface area (Å²) in [7, 11) is 1.73. The zero-order chi connectivity index (χ0) is 25.4. The number of nitrogens with one attached hydrogen (secondary N) is 1. The van der Waals surface area contributed by atoms with Gasteiger partial charge in [0.1, 0.15) is 28.8 Å². The minimum Gasteiger partial charge on any atom is -0.363 e. The number of pyridine rings is 1. The number of alkyl halides is 2. The van der Waals surface area contributed by atoms with Crippen molar-refractivity contribution in [2.75, 3.05) is 36.4 Å². The summed E-state index contributed by atoms with van der Waals surface area (Å²) >= 11 is 0. The second-order valence-electron chi connectivity index (χ2n) is 9.28. The van der Waals surface area contributed by atoms with Gasteiger partial charge in [0.2, 0.25) is 0 Å². The maximum absolute atomic E-state index is 14.8. The highest BCUT2D eigenvalue weighted by Gasteiger charge is 2.24. The molecule has 7 nitrogen and oxygen atoms in total. The van der Waals surface area contributed by atoms with Crippen LogP contribution in [0.3, 0.4) is 0 Å². The zero-order valence-electron chi connectivity index (χ0n) is 20.6. The molecule has 188 valence electrons. The van der Waals surface area contributed by atoms with Crippen LogP contribution in [-0.4, -0.2) is 51.7 Å². The Morgan fingerprint density at radius 3 is 2.31 bits per heavy atom. The third-order valence-corrected chi connectivity index (χ3v) is 6.66. The third-order valence-electron chi connectivity index (χ3n) is 6.66. The summed E-state index contributed by atoms with van der Waals surface area (Å²) in [5.41, 5.74) is -0.547. The average Bonchev–Trinajstić information content (AvgIpc) is 2.81. The lowest BCUT2D eigenvalue weighted by molar-refractivity contribution is 0.146. The fourth-order valence-electron chi connectivity index (χ4n) is 4.60. The van der Waals surface area contributed by atoms with Gasteiger partial charge in [0, 0.05) is 44.8 Å². The van der Waals surface area contributed by atoms with E-state index in [0.717, 1.165) is 38.1 Å². The van der Waals surface area contributed by atoms with E-state index < -0.39 is 23.8 Å². The number of nitrogens with zero attached hydrogens (tertiary/aromatic N) is 5. The predicted octanol–water partition coefficient (Wildman–Crippen LogP) is 4.42. The number of rotatable bonds is 6. The molecular weight excluding hydrogens is 457 g/mol. The molecule has 1 fully saturated rings. The molecule has 1 atom stereocenters. The van der Waals surface area contributed by atoms with Gasteiger partial charge in [-0.1, -0.05) is 18.2 Å². The van der Waals surface area contributed by atoms with Crippen LogP contribution in [0.1, 0.15) is 50.2 Å². The normalized spacial score (nSPS) is 15.9. The van der Waals surface area contributed by atoms with Crippen molar-refractivity contribution in [3.05, 3.63) is 57.4 Å². The number of aryl methyl sites for hydroxylation is 1. The largest absolute Gasteiger partial charge is 0.363 e. The first-order valence-electron chi connectivity index (χ1n) is 11.8. The summed E-state index contributed by atoms with van der Waals surface area (Å²) in [6.45, 7) is 11.0. The number of benzene rings is 1. The van der Waals surface area contributed by atoms with Crippen molar-refractivity contribution in [3.63, 3.8) is 0 Å². The maximum Gasteiger partial charge on any atom is 0.278 e. The summed E-state index contributed by atoms with van der Waals surface area (Å²) < 4.78 is 42.8. The summed E-state index contributed by atoms with van der Waals surface area (Å²) in [5, 5.41) is 3.65. The quantitative estimate of drug-likeness (QED) is 0.554. The third kappa shape index (κ3) is 4.84. The van der Waals surface area contributed by atoms with E-state index in [2.05, 4.69) is 38.9 Å². The molecule has 4 rings (SSSR count). The molecule has 1 aliphatic rings. The van der Waals surface area contributed by atoms with Crippen molar-refractivity contribution in [1.29, 1.82) is 0 Å². The number of hydrogen-bond acceptors (Lipinski definition) is 6. The Morgan fingerprint density at radius 2 is 1.69 bits per heavy atom. The average molecular weight is 489 g/mol. The number of hydrogen-bond donors (Lipinski definition) is 1. The molecule has 0 radical (unpaired) electrons. The molecule has 0 spiro atoms. The molecule has 10 heteroatoms. The maximum atomic E-state index is 14.8. The highest BCUT2D eigenvalue weighted by atomic mass is 19.3. The van der Waals surface area contributed by atoms with Crippen LogP contribution in [0, 0.1) is 12.7 Å². The number of aromatic nitrogens is 3. The molecular formula is C25H31F3N6O. The van der Waals surface area contributed by atoms with Gasteiger partial charge < -0.3 is 10.2 Å². The Hall–Kier alpha value is -3.14. The van der Waals surface area contributed by atoms with Crippen LogP contribution in [-0.2, 0) is 7.05 Å². The van der Waals surface area contributed by atoms with Gasteiger partial charge in [0.25, 0.3) is 12.0 Å². The molecule has 0 amide bonds. The van der Waals surface area contributed by atoms with Gasteiger partial charge >= 0.3 is 0 Å². The van der Waals surface area contributed by atoms with E-state index in [1.54, 1.807) is 25.5 Å². The zero-order valence-corrected chi connectivity index (χ0v) is 20.6. The number of anilines is 2. The highest BCUT2D eigenvalue weighted by molar-refractivity contribution is 5.90. The molecule has 0 aliphatic carbocycles. The SMILES string of the molecule is Cc1nc(N[C@H](C)c2cccc(C(F)F)c2F)c2cc(N3CCN(C(C)C)CC3)n(C)c(=O)c2n1. The lowest BCUT2D eigenvalue weighted by Gasteiger charge is -2.38. The lowest BCUT2D eigenvalue weighted by atomic mass is 10.0. The molecule has 0 saturated carbocycles. The van der Waals surface area contributed by atoms with Gasteiger partial charge in [-0.3, -0.25) is 14.3 Å². The summed E-state index contributed by atoms with van der Waals surface area (Å²) in [6, 6.07) is 5.61. The molecule has 1 aliphatic heterocycles. The second-order valence-corrected chi connectivity index (χ2v) is 9.28. The van der Waals surface area contributed by atoms with Crippen LogP contribution in [0.2, 0.25) is 0 Å². The molecule has 1 aromatic carbocycles. The van der Waals surface area contributed by atoms with Crippen LogP contribution in [0.4, 0.5) is 24.8 Å². The minimum atomic E-state index is -2.91. The molecule has 0 bridgehead atoms. The number of fused-ring (bicyclic) bond motifs is 1. The van der Waals surface area contributed by atoms with Crippen molar-refractivity contribution in [2.24, 2.45) is 7.05 Å². The fraction of sp³-hybridized carbons (Fsp3) is 0.480. The van der Waals surface area contributed by atoms with E-state index in [1.165, 1.54) is 12.1 Å². The van der Waals surface area contributed by atoms with Crippen LogP contribution < -0.4 is 15.8 Å². The van der Waals surface area contributed by atoms with Gasteiger partial charge in [-0.2, -0.15) is 0 Å². The summed E-state index contributed by atoms with van der Waals surface area (Å²) in [6.07, 6.45) is -2.91. The van der Waals surface area contributed by atoms with Gasteiger partial charge in [-0.15, -0.1) is 0 Å². The number of halogens is 3. The topological polar surface area (TPSA) is 66.3 Å². The van der Waals surface area contributed by atoms with Gasteiger partial charge in [0.15, 0.2) is 0 Å². The van der Waals surface area contributed by atoms with Crippen molar-refractivity contribution in [2.45, 2.75) is 46.2 Å². The van der Waals surface area contributed by atoms with Crippen molar-refractivity contribution in [1.82, 2.24) is 19.4 Å². The molecule has 1 N–H and O–H groups in total. The lowest BCUT2D eigenvalue weighted by Crippen LogP contribution is -2.50. The molecule has 3 aromatic rings. The van der Waals surface area contributed by atoms with Crippen molar-refractivity contribution < 1.29 is 13.2 Å². The summed E-state index contributed by atoms with van der Waals surface area (Å²) in [4.78, 5) is 26.7. The smallest absolute Gasteiger partial charge is 0.278 e. The Kier molecular flexibility index (Phi) is 7.02. The Morgan fingerprint density at radius 1 is 1.03 bits per heavy atom. The molecule has 0 unspecified atom stereocenters. The van der Waals surface area contributed by atoms with E-state index in [4.69, 9.17) is 0 Å². The van der Waals surface area contributed by atoms with E-state index in [1.807, 2.05) is 6.07 Å². The van der Waals surface area contributed by atoms with Crippen LogP contribution >= 0.6 is 0 Å². The predicted molar refractivity (Wildman–Crippen MR) is 132 cm³/mol. The number of piperazine rings is 1. The molecule has 35 heavy (non-hydrogen) atoms. The van der Waals surface area contributed by atoms with Crippen LogP contribution in [0.5, 0.6) is 0 Å². The Bertz CT molecular complexity index is 1280. The van der Waals surface area contributed by atoms with E-state index in [9.17, 15) is 18.0 Å². The van der Waals surface area contributed by atoms with Gasteiger partial charge in [0.05, 0.1) is 17.0 Å². The minimum absolute atomic E-state index is 0.0982. The Balaban J connectivity index is 1.74. The first-order chi connectivity index (χ1) is 16.6. The molecule has 1 saturated heterocycles. The highest BCUT2D eigenvalue weighted by Crippen LogP contribution is 2.31. The van der Waals surface area contributed by atoms with E-state index >= 15 is 0 Å². The fourth-order valence-corrected chi connectivity index (χ4v) is 4.60. The first-order valence-corrected chi connectivity index (χ1v) is 11.8. The standard InChI is InChI=1S/C25H31F3N6O/c1-14(2)33-9-11-34(12-10-33)20-13-19-22(25(35)32(20)5)30-16(4)31-24(19)29-15(3)17-7-6-8-18(21(17)26)23(27)28/h6-8,13-15,23H,9-12H2,1-5H3,(H,29,30,31)/t15-/m1/s1. The van der Waals surface area contributed by atoms with Crippen LogP contribution in [0.25, 0.3) is 10.9 Å². The van der Waals surface area contributed by atoms with Crippen molar-refractivity contribution >= 4 is 22.5 Å². The molecule has 3 heterocycles. The summed E-state index contributed by atoms with van der Waals surface area (Å²) in [5.74, 6) is 0.545. The van der Waals surface area contributed by atoms with Gasteiger partial charge in [-0.05, 0) is 33.8 Å². The van der Waals surface area contributed by atoms with Crippen molar-refractivity contribution in [3.8, 4) is 0 Å². The van der Waals surface area contributed by atoms with Crippen LogP contribution in [0.15, 0.2) is 29.1 Å². The monoisotopic (exact) mass is 488 g/mol. The van der Waals surface area contributed by atoms with Gasteiger partial charge in [-0.25, -0.2) is 23.1 Å². The van der Waals surface area contributed by atoms with E-state index in [0.29, 0.717) is 23.1 Å². The molecule has 2 aromatic heterocycles. The second kappa shape index (κ2) is 9.85.